The number of rotatable bonds is 8. The van der Waals surface area contributed by atoms with Crippen molar-refractivity contribution in [1.29, 1.82) is 0 Å². The lowest BCUT2D eigenvalue weighted by Gasteiger charge is -2.15. The predicted octanol–water partition coefficient (Wildman–Crippen LogP) is 3.20. The first-order valence-electron chi connectivity index (χ1n) is 7.23. The first kappa shape index (κ1) is 17.9. The average Bonchev–Trinajstić information content (AvgIpc) is 2.37. The van der Waals surface area contributed by atoms with Crippen LogP contribution in [0.4, 0.5) is 5.69 Å². The van der Waals surface area contributed by atoms with Crippen molar-refractivity contribution in [1.82, 2.24) is 0 Å². The van der Waals surface area contributed by atoms with Gasteiger partial charge in [0.2, 0.25) is 5.91 Å². The van der Waals surface area contributed by atoms with Gasteiger partial charge < -0.3 is 10.1 Å². The third-order valence-corrected chi connectivity index (χ3v) is 3.90. The van der Waals surface area contributed by atoms with Crippen LogP contribution in [-0.4, -0.2) is 29.1 Å². The quantitative estimate of drug-likeness (QED) is 0.802. The monoisotopic (exact) mass is 311 g/mol. The molecule has 0 aliphatic rings. The lowest BCUT2D eigenvalue weighted by atomic mass is 10.1. The summed E-state index contributed by atoms with van der Waals surface area (Å²) in [6, 6.07) is 7.09. The zero-order chi connectivity index (χ0) is 15.8. The van der Waals surface area contributed by atoms with Gasteiger partial charge in [-0.05, 0) is 37.5 Å². The van der Waals surface area contributed by atoms with Crippen molar-refractivity contribution in [3.63, 3.8) is 0 Å². The molecule has 2 atom stereocenters. The number of carbonyl (C=O) groups is 1. The molecular weight excluding hydrogens is 286 g/mol. The van der Waals surface area contributed by atoms with Crippen LogP contribution in [0.3, 0.4) is 0 Å². The van der Waals surface area contributed by atoms with E-state index in [0.717, 1.165) is 6.42 Å². The SMILES string of the molecule is CC(C)C[C@H](C)OCCC(=O)Nc1cccc([S@](C)=O)c1. The number of ether oxygens (including phenoxy) is 1. The highest BCUT2D eigenvalue weighted by Crippen LogP contribution is 2.13. The normalized spacial score (nSPS) is 14.0. The summed E-state index contributed by atoms with van der Waals surface area (Å²) >= 11 is 0. The summed E-state index contributed by atoms with van der Waals surface area (Å²) in [4.78, 5) is 12.5. The molecule has 0 bridgehead atoms. The molecule has 4 nitrogen and oxygen atoms in total. The Bertz CT molecular complexity index is 488. The Morgan fingerprint density at radius 1 is 1.33 bits per heavy atom. The molecule has 5 heteroatoms. The number of benzene rings is 1. The summed E-state index contributed by atoms with van der Waals surface area (Å²) in [7, 11) is -1.05. The van der Waals surface area contributed by atoms with Crippen LogP contribution in [0.1, 0.15) is 33.6 Å². The minimum absolute atomic E-state index is 0.0919. The van der Waals surface area contributed by atoms with Crippen molar-refractivity contribution < 1.29 is 13.7 Å². The van der Waals surface area contributed by atoms with Gasteiger partial charge in [-0.1, -0.05) is 19.9 Å². The molecule has 0 aliphatic heterocycles. The second-order valence-corrected chi connectivity index (χ2v) is 6.97. The van der Waals surface area contributed by atoms with E-state index in [0.29, 0.717) is 29.5 Å². The van der Waals surface area contributed by atoms with Gasteiger partial charge in [0.05, 0.1) is 19.1 Å². The molecule has 0 unspecified atom stereocenters. The molecule has 1 aromatic rings. The van der Waals surface area contributed by atoms with Gasteiger partial charge in [-0.3, -0.25) is 9.00 Å². The number of nitrogens with one attached hydrogen (secondary N) is 1. The fourth-order valence-corrected chi connectivity index (χ4v) is 2.62. The minimum atomic E-state index is -1.05. The van der Waals surface area contributed by atoms with E-state index in [-0.39, 0.29) is 12.0 Å². The Balaban J connectivity index is 2.37. The third kappa shape index (κ3) is 7.39. The van der Waals surface area contributed by atoms with E-state index in [9.17, 15) is 9.00 Å². The number of hydrogen-bond acceptors (Lipinski definition) is 3. The maximum absolute atomic E-state index is 11.8. The molecule has 1 N–H and O–H groups in total. The molecule has 0 aromatic heterocycles. The number of carbonyl (C=O) groups excluding carboxylic acids is 1. The van der Waals surface area contributed by atoms with E-state index in [1.165, 1.54) is 0 Å². The molecule has 0 radical (unpaired) electrons. The van der Waals surface area contributed by atoms with Gasteiger partial charge in [0.25, 0.3) is 0 Å². The van der Waals surface area contributed by atoms with Crippen molar-refractivity contribution in [3.8, 4) is 0 Å². The van der Waals surface area contributed by atoms with E-state index in [1.54, 1.807) is 30.5 Å². The Morgan fingerprint density at radius 2 is 2.05 bits per heavy atom. The zero-order valence-electron chi connectivity index (χ0n) is 13.2. The predicted molar refractivity (Wildman–Crippen MR) is 86.9 cm³/mol. The van der Waals surface area contributed by atoms with Crippen LogP contribution in [0.15, 0.2) is 29.2 Å². The largest absolute Gasteiger partial charge is 0.378 e. The van der Waals surface area contributed by atoms with Gasteiger partial charge >= 0.3 is 0 Å². The summed E-state index contributed by atoms with van der Waals surface area (Å²) < 4.78 is 17.0. The van der Waals surface area contributed by atoms with Crippen LogP contribution in [0.25, 0.3) is 0 Å². The second-order valence-electron chi connectivity index (χ2n) is 5.59. The molecule has 0 saturated heterocycles. The summed E-state index contributed by atoms with van der Waals surface area (Å²) in [5.74, 6) is 0.497. The highest BCUT2D eigenvalue weighted by atomic mass is 32.2. The lowest BCUT2D eigenvalue weighted by molar-refractivity contribution is -0.117. The van der Waals surface area contributed by atoms with Crippen molar-refractivity contribution in [2.24, 2.45) is 5.92 Å². The third-order valence-electron chi connectivity index (χ3n) is 2.98. The Morgan fingerprint density at radius 3 is 2.67 bits per heavy atom. The van der Waals surface area contributed by atoms with Crippen molar-refractivity contribution in [3.05, 3.63) is 24.3 Å². The Hall–Kier alpha value is -1.20. The van der Waals surface area contributed by atoms with Crippen LogP contribution < -0.4 is 5.32 Å². The topological polar surface area (TPSA) is 55.4 Å². The lowest BCUT2D eigenvalue weighted by Crippen LogP contribution is -2.18. The van der Waals surface area contributed by atoms with Gasteiger partial charge in [-0.15, -0.1) is 0 Å². The highest BCUT2D eigenvalue weighted by molar-refractivity contribution is 7.84. The van der Waals surface area contributed by atoms with E-state index in [2.05, 4.69) is 19.2 Å². The molecule has 118 valence electrons. The molecule has 0 aliphatic carbocycles. The molecule has 0 spiro atoms. The van der Waals surface area contributed by atoms with E-state index >= 15 is 0 Å². The molecule has 1 aromatic carbocycles. The standard InChI is InChI=1S/C16H25NO3S/c1-12(2)10-13(3)20-9-8-16(18)17-14-6-5-7-15(11-14)21(4)19/h5-7,11-13H,8-10H2,1-4H3,(H,17,18)/t13-,21-/m0/s1. The molecular formula is C16H25NO3S. The molecule has 0 saturated carbocycles. The van der Waals surface area contributed by atoms with Gasteiger partial charge in [0.1, 0.15) is 0 Å². The van der Waals surface area contributed by atoms with E-state index in [4.69, 9.17) is 4.74 Å². The van der Waals surface area contributed by atoms with E-state index < -0.39 is 10.8 Å². The fraction of sp³-hybridized carbons (Fsp3) is 0.562. The molecule has 1 amide bonds. The number of amides is 1. The molecule has 0 fully saturated rings. The van der Waals surface area contributed by atoms with Gasteiger partial charge in [-0.25, -0.2) is 0 Å². The maximum atomic E-state index is 11.8. The summed E-state index contributed by atoms with van der Waals surface area (Å²) in [6.45, 7) is 6.74. The van der Waals surface area contributed by atoms with Crippen molar-refractivity contribution in [2.45, 2.75) is 44.6 Å². The van der Waals surface area contributed by atoms with Crippen molar-refractivity contribution in [2.75, 3.05) is 18.2 Å². The Labute approximate surface area is 129 Å². The van der Waals surface area contributed by atoms with Crippen LogP contribution in [0.5, 0.6) is 0 Å². The highest BCUT2D eigenvalue weighted by Gasteiger charge is 2.08. The average molecular weight is 311 g/mol. The van der Waals surface area contributed by atoms with E-state index in [1.807, 2.05) is 6.92 Å². The number of hydrogen-bond donors (Lipinski definition) is 1. The van der Waals surface area contributed by atoms with Crippen LogP contribution in [-0.2, 0) is 20.3 Å². The van der Waals surface area contributed by atoms with Crippen LogP contribution in [0, 0.1) is 5.92 Å². The molecule has 21 heavy (non-hydrogen) atoms. The molecule has 0 heterocycles. The molecule has 1 rings (SSSR count). The fourth-order valence-electron chi connectivity index (χ4n) is 2.06. The smallest absolute Gasteiger partial charge is 0.226 e. The summed E-state index contributed by atoms with van der Waals surface area (Å²) in [5.41, 5.74) is 0.669. The summed E-state index contributed by atoms with van der Waals surface area (Å²) in [6.07, 6.45) is 3.10. The second kappa shape index (κ2) is 8.95. The number of anilines is 1. The Kier molecular flexibility index (Phi) is 7.61. The maximum Gasteiger partial charge on any atom is 0.226 e. The zero-order valence-corrected chi connectivity index (χ0v) is 14.0. The first-order chi connectivity index (χ1) is 9.88. The van der Waals surface area contributed by atoms with Gasteiger partial charge in [0, 0.05) is 27.6 Å². The van der Waals surface area contributed by atoms with Gasteiger partial charge in [-0.2, -0.15) is 0 Å². The van der Waals surface area contributed by atoms with Gasteiger partial charge in [0.15, 0.2) is 0 Å². The first-order valence-corrected chi connectivity index (χ1v) is 8.79. The van der Waals surface area contributed by atoms with Crippen LogP contribution in [0.2, 0.25) is 0 Å². The minimum Gasteiger partial charge on any atom is -0.378 e. The van der Waals surface area contributed by atoms with Crippen molar-refractivity contribution >= 4 is 22.4 Å². The van der Waals surface area contributed by atoms with Crippen LogP contribution >= 0.6 is 0 Å². The summed E-state index contributed by atoms with van der Waals surface area (Å²) in [5, 5.41) is 2.80.